The molecule has 1 heterocycles. The van der Waals surface area contributed by atoms with Crippen LogP contribution < -0.4 is 5.32 Å². The molecular formula is C14H19N3O3. The van der Waals surface area contributed by atoms with Gasteiger partial charge in [0.25, 0.3) is 0 Å². The van der Waals surface area contributed by atoms with E-state index >= 15 is 0 Å². The van der Waals surface area contributed by atoms with Crippen LogP contribution in [0.4, 0.5) is 5.69 Å². The van der Waals surface area contributed by atoms with Crippen LogP contribution in [0.5, 0.6) is 5.75 Å². The van der Waals surface area contributed by atoms with Gasteiger partial charge in [-0.05, 0) is 31.7 Å². The molecule has 1 aliphatic heterocycles. The number of piperazine rings is 1. The highest BCUT2D eigenvalue weighted by molar-refractivity contribution is 6.39. The van der Waals surface area contributed by atoms with Crippen LogP contribution in [-0.4, -0.2) is 59.9 Å². The molecule has 2 rings (SSSR count). The number of phenolic OH excluding ortho intramolecular Hbond substituents is 1. The zero-order chi connectivity index (χ0) is 14.7. The minimum absolute atomic E-state index is 0.0375. The van der Waals surface area contributed by atoms with E-state index in [0.29, 0.717) is 13.1 Å². The van der Waals surface area contributed by atoms with Crippen molar-refractivity contribution in [1.82, 2.24) is 9.80 Å². The fourth-order valence-electron chi connectivity index (χ4n) is 2.08. The molecule has 1 aliphatic rings. The van der Waals surface area contributed by atoms with Gasteiger partial charge in [-0.3, -0.25) is 9.59 Å². The molecular weight excluding hydrogens is 258 g/mol. The van der Waals surface area contributed by atoms with E-state index in [4.69, 9.17) is 0 Å². The molecule has 0 aromatic heterocycles. The lowest BCUT2D eigenvalue weighted by Gasteiger charge is -2.31. The lowest BCUT2D eigenvalue weighted by atomic mass is 10.2. The van der Waals surface area contributed by atoms with E-state index in [-0.39, 0.29) is 11.4 Å². The number of aryl methyl sites for hydroxylation is 1. The predicted molar refractivity (Wildman–Crippen MR) is 75.6 cm³/mol. The summed E-state index contributed by atoms with van der Waals surface area (Å²) in [6, 6.07) is 4.88. The van der Waals surface area contributed by atoms with Crippen LogP contribution in [0.2, 0.25) is 0 Å². The van der Waals surface area contributed by atoms with E-state index in [1.54, 1.807) is 12.1 Å². The molecule has 0 bridgehead atoms. The maximum Gasteiger partial charge on any atom is 0.314 e. The number of rotatable bonds is 1. The summed E-state index contributed by atoms with van der Waals surface area (Å²) in [5.74, 6) is -1.31. The van der Waals surface area contributed by atoms with Crippen LogP contribution in [0.1, 0.15) is 5.56 Å². The maximum atomic E-state index is 12.0. The Hall–Kier alpha value is -2.08. The molecule has 1 aromatic carbocycles. The van der Waals surface area contributed by atoms with Crippen LogP contribution in [-0.2, 0) is 9.59 Å². The Morgan fingerprint density at radius 3 is 2.45 bits per heavy atom. The monoisotopic (exact) mass is 277 g/mol. The second-order valence-corrected chi connectivity index (χ2v) is 5.07. The Kier molecular flexibility index (Phi) is 4.24. The standard InChI is InChI=1S/C14H19N3O3/c1-10-3-4-11(12(18)9-10)15-13(19)14(20)17-7-5-16(2)6-8-17/h3-4,9,18H,5-8H2,1-2H3,(H,15,19). The average molecular weight is 277 g/mol. The van der Waals surface area contributed by atoms with Crippen molar-refractivity contribution in [2.45, 2.75) is 6.92 Å². The number of carbonyl (C=O) groups is 2. The summed E-state index contributed by atoms with van der Waals surface area (Å²) in [6.07, 6.45) is 0. The van der Waals surface area contributed by atoms with Crippen LogP contribution in [0.15, 0.2) is 18.2 Å². The summed E-state index contributed by atoms with van der Waals surface area (Å²) in [4.78, 5) is 27.5. The number of hydrogen-bond donors (Lipinski definition) is 2. The number of hydrogen-bond acceptors (Lipinski definition) is 4. The first kappa shape index (κ1) is 14.3. The van der Waals surface area contributed by atoms with Gasteiger partial charge in [0, 0.05) is 26.2 Å². The van der Waals surface area contributed by atoms with Gasteiger partial charge in [0.15, 0.2) is 0 Å². The topological polar surface area (TPSA) is 72.9 Å². The minimum Gasteiger partial charge on any atom is -0.506 e. The van der Waals surface area contributed by atoms with E-state index in [1.165, 1.54) is 11.0 Å². The molecule has 1 aromatic rings. The van der Waals surface area contributed by atoms with Crippen LogP contribution in [0, 0.1) is 6.92 Å². The molecule has 20 heavy (non-hydrogen) atoms. The Bertz CT molecular complexity index is 522. The zero-order valence-electron chi connectivity index (χ0n) is 11.7. The van der Waals surface area contributed by atoms with Crippen molar-refractivity contribution in [2.24, 2.45) is 0 Å². The van der Waals surface area contributed by atoms with Gasteiger partial charge in [-0.15, -0.1) is 0 Å². The molecule has 108 valence electrons. The largest absolute Gasteiger partial charge is 0.506 e. The minimum atomic E-state index is -0.714. The first-order chi connectivity index (χ1) is 9.47. The molecule has 0 unspecified atom stereocenters. The van der Waals surface area contributed by atoms with Gasteiger partial charge in [0.1, 0.15) is 5.75 Å². The Morgan fingerprint density at radius 2 is 1.85 bits per heavy atom. The summed E-state index contributed by atoms with van der Waals surface area (Å²) < 4.78 is 0. The van der Waals surface area contributed by atoms with E-state index < -0.39 is 11.8 Å². The van der Waals surface area contributed by atoms with Crippen molar-refractivity contribution in [3.8, 4) is 5.75 Å². The Morgan fingerprint density at radius 1 is 1.20 bits per heavy atom. The number of anilines is 1. The third-order valence-corrected chi connectivity index (χ3v) is 3.39. The number of phenols is 1. The number of benzene rings is 1. The molecule has 0 radical (unpaired) electrons. The fraction of sp³-hybridized carbons (Fsp3) is 0.429. The molecule has 0 spiro atoms. The van der Waals surface area contributed by atoms with E-state index in [0.717, 1.165) is 18.7 Å². The molecule has 2 N–H and O–H groups in total. The summed E-state index contributed by atoms with van der Waals surface area (Å²) in [5, 5.41) is 12.2. The smallest absolute Gasteiger partial charge is 0.314 e. The summed E-state index contributed by atoms with van der Waals surface area (Å²) in [6.45, 7) is 4.44. The molecule has 0 atom stereocenters. The quantitative estimate of drug-likeness (QED) is 0.576. The fourth-order valence-corrected chi connectivity index (χ4v) is 2.08. The number of aromatic hydroxyl groups is 1. The SMILES string of the molecule is Cc1ccc(NC(=O)C(=O)N2CCN(C)CC2)c(O)c1. The van der Waals surface area contributed by atoms with Gasteiger partial charge in [0.2, 0.25) is 0 Å². The molecule has 6 heteroatoms. The number of nitrogens with one attached hydrogen (secondary N) is 1. The van der Waals surface area contributed by atoms with E-state index in [9.17, 15) is 14.7 Å². The lowest BCUT2D eigenvalue weighted by molar-refractivity contribution is -0.144. The number of nitrogens with zero attached hydrogens (tertiary/aromatic N) is 2. The molecule has 2 amide bonds. The molecule has 1 fully saturated rings. The molecule has 0 saturated carbocycles. The molecule has 6 nitrogen and oxygen atoms in total. The number of amides is 2. The van der Waals surface area contributed by atoms with Crippen molar-refractivity contribution in [3.63, 3.8) is 0 Å². The molecule has 1 saturated heterocycles. The van der Waals surface area contributed by atoms with Gasteiger partial charge >= 0.3 is 11.8 Å². The van der Waals surface area contributed by atoms with Crippen LogP contribution in [0.25, 0.3) is 0 Å². The third-order valence-electron chi connectivity index (χ3n) is 3.39. The highest BCUT2D eigenvalue weighted by Gasteiger charge is 2.25. The van der Waals surface area contributed by atoms with Crippen molar-refractivity contribution in [3.05, 3.63) is 23.8 Å². The first-order valence-electron chi connectivity index (χ1n) is 6.56. The summed E-state index contributed by atoms with van der Waals surface area (Å²) in [5.41, 5.74) is 1.13. The van der Waals surface area contributed by atoms with Gasteiger partial charge in [-0.1, -0.05) is 6.07 Å². The van der Waals surface area contributed by atoms with Crippen LogP contribution in [0.3, 0.4) is 0 Å². The summed E-state index contributed by atoms with van der Waals surface area (Å²) in [7, 11) is 1.98. The zero-order valence-corrected chi connectivity index (χ0v) is 11.7. The lowest BCUT2D eigenvalue weighted by Crippen LogP contribution is -2.50. The maximum absolute atomic E-state index is 12.0. The van der Waals surface area contributed by atoms with E-state index in [1.807, 2.05) is 14.0 Å². The number of likely N-dealkylation sites (N-methyl/N-ethyl adjacent to an activating group) is 1. The predicted octanol–water partition coefficient (Wildman–Crippen LogP) is 0.413. The second kappa shape index (κ2) is 5.92. The van der Waals surface area contributed by atoms with Crippen molar-refractivity contribution in [2.75, 3.05) is 38.5 Å². The Balaban J connectivity index is 1.99. The van der Waals surface area contributed by atoms with Crippen LogP contribution >= 0.6 is 0 Å². The van der Waals surface area contributed by atoms with Crippen molar-refractivity contribution in [1.29, 1.82) is 0 Å². The average Bonchev–Trinajstić information content (AvgIpc) is 2.42. The van der Waals surface area contributed by atoms with Gasteiger partial charge in [-0.2, -0.15) is 0 Å². The second-order valence-electron chi connectivity index (χ2n) is 5.07. The summed E-state index contributed by atoms with van der Waals surface area (Å²) >= 11 is 0. The van der Waals surface area contributed by atoms with Gasteiger partial charge in [0.05, 0.1) is 5.69 Å². The van der Waals surface area contributed by atoms with Crippen molar-refractivity contribution < 1.29 is 14.7 Å². The van der Waals surface area contributed by atoms with Gasteiger partial charge < -0.3 is 20.2 Å². The van der Waals surface area contributed by atoms with E-state index in [2.05, 4.69) is 10.2 Å². The first-order valence-corrected chi connectivity index (χ1v) is 6.56. The normalized spacial score (nSPS) is 16.0. The highest BCUT2D eigenvalue weighted by Crippen LogP contribution is 2.23. The Labute approximate surface area is 118 Å². The number of carbonyl (C=O) groups excluding carboxylic acids is 2. The van der Waals surface area contributed by atoms with Crippen molar-refractivity contribution >= 4 is 17.5 Å². The highest BCUT2D eigenvalue weighted by atomic mass is 16.3. The third kappa shape index (κ3) is 3.27. The van der Waals surface area contributed by atoms with Gasteiger partial charge in [-0.25, -0.2) is 0 Å². The molecule has 0 aliphatic carbocycles.